The third kappa shape index (κ3) is 3.81. The lowest BCUT2D eigenvalue weighted by atomic mass is 10.1. The van der Waals surface area contributed by atoms with Gasteiger partial charge in [-0.25, -0.2) is 9.97 Å². The highest BCUT2D eigenvalue weighted by Gasteiger charge is 2.28. The molecule has 3 aromatic heterocycles. The lowest BCUT2D eigenvalue weighted by Gasteiger charge is -2.32. The molecule has 4 heterocycles. The molecule has 1 unspecified atom stereocenters. The van der Waals surface area contributed by atoms with Crippen molar-refractivity contribution < 1.29 is 9.53 Å². The number of anilines is 1. The Hall–Kier alpha value is -3.39. The number of aromatic nitrogens is 4. The zero-order chi connectivity index (χ0) is 19.5. The molecule has 0 aromatic carbocycles. The molecule has 8 nitrogen and oxygen atoms in total. The number of hydrogen-bond donors (Lipinski definition) is 1. The molecule has 2 N–H and O–H groups in total. The summed E-state index contributed by atoms with van der Waals surface area (Å²) in [6, 6.07) is 9.22. The van der Waals surface area contributed by atoms with Crippen LogP contribution >= 0.6 is 0 Å². The van der Waals surface area contributed by atoms with Crippen LogP contribution in [0.25, 0.3) is 11.1 Å². The van der Waals surface area contributed by atoms with E-state index in [9.17, 15) is 4.79 Å². The largest absolute Gasteiger partial charge is 0.368 e. The fourth-order valence-electron chi connectivity index (χ4n) is 3.18. The zero-order valence-corrected chi connectivity index (χ0v) is 15.4. The molecule has 1 fully saturated rings. The van der Waals surface area contributed by atoms with E-state index >= 15 is 0 Å². The number of nitrogen functional groups attached to an aromatic ring is 1. The van der Waals surface area contributed by atoms with E-state index in [1.807, 2.05) is 19.1 Å². The third-order valence-electron chi connectivity index (χ3n) is 4.55. The van der Waals surface area contributed by atoms with Gasteiger partial charge in [-0.3, -0.25) is 14.8 Å². The number of amides is 1. The van der Waals surface area contributed by atoms with Gasteiger partial charge in [-0.2, -0.15) is 0 Å². The number of morpholine rings is 1. The van der Waals surface area contributed by atoms with Gasteiger partial charge in [0.05, 0.1) is 18.8 Å². The summed E-state index contributed by atoms with van der Waals surface area (Å²) in [7, 11) is 0. The highest BCUT2D eigenvalue weighted by molar-refractivity contribution is 5.92. The van der Waals surface area contributed by atoms with Crippen molar-refractivity contribution in [3.63, 3.8) is 0 Å². The number of carbonyl (C=O) groups is 1. The molecule has 3 aromatic rings. The maximum atomic E-state index is 12.7. The third-order valence-corrected chi connectivity index (χ3v) is 4.55. The number of nitrogens with zero attached hydrogens (tertiary/aromatic N) is 5. The number of aryl methyl sites for hydroxylation is 1. The van der Waals surface area contributed by atoms with Gasteiger partial charge in [-0.05, 0) is 36.8 Å². The van der Waals surface area contributed by atoms with E-state index in [0.29, 0.717) is 25.4 Å². The molecule has 0 spiro atoms. The highest BCUT2D eigenvalue weighted by Crippen LogP contribution is 2.27. The summed E-state index contributed by atoms with van der Waals surface area (Å²) in [6.45, 7) is 3.31. The average Bonchev–Trinajstić information content (AvgIpc) is 2.74. The fourth-order valence-corrected chi connectivity index (χ4v) is 3.18. The number of rotatable bonds is 3. The minimum absolute atomic E-state index is 0.103. The molecule has 1 saturated heterocycles. The second-order valence-corrected chi connectivity index (χ2v) is 6.58. The standard InChI is InChI=1S/C20H20N6O2/c1-13-8-14(15-10-23-20(21)24-11-15)9-17(25-13)18-12-26(6-7-28-18)19(27)16-4-2-3-5-22-16/h2-5,8-11,18H,6-7,12H2,1H3,(H2,21,23,24). The minimum atomic E-state index is -0.310. The van der Waals surface area contributed by atoms with E-state index in [0.717, 1.165) is 22.5 Å². The topological polar surface area (TPSA) is 107 Å². The Morgan fingerprint density at radius 2 is 2.00 bits per heavy atom. The highest BCUT2D eigenvalue weighted by atomic mass is 16.5. The minimum Gasteiger partial charge on any atom is -0.368 e. The first kappa shape index (κ1) is 18.0. The van der Waals surface area contributed by atoms with E-state index in [4.69, 9.17) is 10.5 Å². The quantitative estimate of drug-likeness (QED) is 0.745. The van der Waals surface area contributed by atoms with Crippen molar-refractivity contribution in [3.05, 3.63) is 66.0 Å². The van der Waals surface area contributed by atoms with E-state index in [-0.39, 0.29) is 18.0 Å². The molecule has 0 radical (unpaired) electrons. The summed E-state index contributed by atoms with van der Waals surface area (Å²) in [5, 5.41) is 0. The van der Waals surface area contributed by atoms with Crippen LogP contribution in [0, 0.1) is 6.92 Å². The van der Waals surface area contributed by atoms with Gasteiger partial charge in [0, 0.05) is 36.4 Å². The van der Waals surface area contributed by atoms with Gasteiger partial charge in [0.25, 0.3) is 5.91 Å². The van der Waals surface area contributed by atoms with Crippen LogP contribution in [0.5, 0.6) is 0 Å². The first-order valence-electron chi connectivity index (χ1n) is 8.98. The van der Waals surface area contributed by atoms with Crippen LogP contribution in [0.2, 0.25) is 0 Å². The summed E-state index contributed by atoms with van der Waals surface area (Å²) < 4.78 is 5.92. The van der Waals surface area contributed by atoms with Crippen molar-refractivity contribution in [1.29, 1.82) is 0 Å². The maximum absolute atomic E-state index is 12.7. The van der Waals surface area contributed by atoms with Crippen molar-refractivity contribution >= 4 is 11.9 Å². The monoisotopic (exact) mass is 376 g/mol. The van der Waals surface area contributed by atoms with Gasteiger partial charge < -0.3 is 15.4 Å². The molecular formula is C20H20N6O2. The summed E-state index contributed by atoms with van der Waals surface area (Å²) in [5.74, 6) is 0.128. The van der Waals surface area contributed by atoms with Crippen molar-refractivity contribution in [1.82, 2.24) is 24.8 Å². The SMILES string of the molecule is Cc1cc(-c2cnc(N)nc2)cc(C2CN(C(=O)c3ccccn3)CCO2)n1. The van der Waals surface area contributed by atoms with E-state index in [1.165, 1.54) is 0 Å². The van der Waals surface area contributed by atoms with E-state index in [2.05, 4.69) is 19.9 Å². The predicted octanol–water partition coefficient (Wildman–Crippen LogP) is 2.04. The molecule has 0 aliphatic carbocycles. The average molecular weight is 376 g/mol. The first-order valence-corrected chi connectivity index (χ1v) is 8.98. The Labute approximate surface area is 162 Å². The second kappa shape index (κ2) is 7.69. The molecule has 4 rings (SSSR count). The predicted molar refractivity (Wildman–Crippen MR) is 103 cm³/mol. The summed E-state index contributed by atoms with van der Waals surface area (Å²) in [6.07, 6.45) is 4.67. The number of pyridine rings is 2. The van der Waals surface area contributed by atoms with Crippen LogP contribution in [0.3, 0.4) is 0 Å². The molecule has 1 amide bonds. The second-order valence-electron chi connectivity index (χ2n) is 6.58. The molecule has 142 valence electrons. The lowest BCUT2D eigenvalue weighted by Crippen LogP contribution is -2.42. The molecule has 0 saturated carbocycles. The van der Waals surface area contributed by atoms with Crippen molar-refractivity contribution in [3.8, 4) is 11.1 Å². The fraction of sp³-hybridized carbons (Fsp3) is 0.250. The number of hydrogen-bond acceptors (Lipinski definition) is 7. The molecule has 8 heteroatoms. The summed E-state index contributed by atoms with van der Waals surface area (Å²) in [5.41, 5.74) is 9.40. The Kier molecular flexibility index (Phi) is 4.94. The Morgan fingerprint density at radius 1 is 1.18 bits per heavy atom. The number of nitrogens with two attached hydrogens (primary N) is 1. The van der Waals surface area contributed by atoms with Gasteiger partial charge in [-0.1, -0.05) is 6.07 Å². The molecule has 28 heavy (non-hydrogen) atoms. The van der Waals surface area contributed by atoms with Crippen LogP contribution in [0.15, 0.2) is 48.9 Å². The normalized spacial score (nSPS) is 16.8. The number of ether oxygens (including phenoxy) is 1. The molecule has 1 aliphatic rings. The smallest absolute Gasteiger partial charge is 0.272 e. The van der Waals surface area contributed by atoms with Crippen LogP contribution in [-0.2, 0) is 4.74 Å². The summed E-state index contributed by atoms with van der Waals surface area (Å²) in [4.78, 5) is 31.4. The van der Waals surface area contributed by atoms with Crippen LogP contribution < -0.4 is 5.73 Å². The lowest BCUT2D eigenvalue weighted by molar-refractivity contribution is -0.0249. The number of carbonyl (C=O) groups excluding carboxylic acids is 1. The summed E-state index contributed by atoms with van der Waals surface area (Å²) >= 11 is 0. The van der Waals surface area contributed by atoms with Crippen LogP contribution in [0.1, 0.15) is 28.0 Å². The van der Waals surface area contributed by atoms with Crippen molar-refractivity contribution in [2.75, 3.05) is 25.4 Å². The first-order chi connectivity index (χ1) is 13.6. The van der Waals surface area contributed by atoms with Crippen molar-refractivity contribution in [2.24, 2.45) is 0 Å². The van der Waals surface area contributed by atoms with Gasteiger partial charge in [0.15, 0.2) is 0 Å². The van der Waals surface area contributed by atoms with Crippen molar-refractivity contribution in [2.45, 2.75) is 13.0 Å². The van der Waals surface area contributed by atoms with Crippen LogP contribution in [0.4, 0.5) is 5.95 Å². The molecule has 1 atom stereocenters. The maximum Gasteiger partial charge on any atom is 0.272 e. The van der Waals surface area contributed by atoms with Gasteiger partial charge in [-0.15, -0.1) is 0 Å². The van der Waals surface area contributed by atoms with Gasteiger partial charge in [0.2, 0.25) is 5.95 Å². The van der Waals surface area contributed by atoms with Gasteiger partial charge in [0.1, 0.15) is 11.8 Å². The molecule has 1 aliphatic heterocycles. The Balaban J connectivity index is 1.58. The molecular weight excluding hydrogens is 356 g/mol. The van der Waals surface area contributed by atoms with E-state index < -0.39 is 0 Å². The van der Waals surface area contributed by atoms with Gasteiger partial charge >= 0.3 is 0 Å². The Bertz CT molecular complexity index is 978. The molecule has 0 bridgehead atoms. The van der Waals surface area contributed by atoms with Crippen LogP contribution in [-0.4, -0.2) is 50.4 Å². The zero-order valence-electron chi connectivity index (χ0n) is 15.4. The van der Waals surface area contributed by atoms with E-state index in [1.54, 1.807) is 41.7 Å². The Morgan fingerprint density at radius 3 is 2.75 bits per heavy atom.